The van der Waals surface area contributed by atoms with Gasteiger partial charge in [-0.1, -0.05) is 12.8 Å². The second-order valence-corrected chi connectivity index (χ2v) is 4.59. The number of hydrogen-bond donors (Lipinski definition) is 1. The number of aldehydes is 1. The maximum atomic E-state index is 10.6. The zero-order valence-corrected chi connectivity index (χ0v) is 10.0. The van der Waals surface area contributed by atoms with Crippen molar-refractivity contribution in [3.63, 3.8) is 0 Å². The van der Waals surface area contributed by atoms with E-state index in [1.54, 1.807) is 0 Å². The molecule has 1 aliphatic heterocycles. The van der Waals surface area contributed by atoms with Crippen LogP contribution >= 0.6 is 0 Å². The van der Waals surface area contributed by atoms with Crippen molar-refractivity contribution in [2.45, 2.75) is 31.7 Å². The van der Waals surface area contributed by atoms with E-state index in [1.165, 1.54) is 19.3 Å². The molecule has 0 radical (unpaired) electrons. The van der Waals surface area contributed by atoms with Crippen LogP contribution in [0.5, 0.6) is 0 Å². The summed E-state index contributed by atoms with van der Waals surface area (Å²) in [6, 6.07) is 7.83. The molecule has 1 aromatic rings. The molecule has 0 aliphatic carbocycles. The third kappa shape index (κ3) is 2.86. The van der Waals surface area contributed by atoms with Crippen molar-refractivity contribution >= 4 is 12.0 Å². The van der Waals surface area contributed by atoms with Crippen molar-refractivity contribution in [3.8, 4) is 0 Å². The topological polar surface area (TPSA) is 40.5 Å². The third-order valence-electron chi connectivity index (χ3n) is 3.45. The molecule has 1 fully saturated rings. The van der Waals surface area contributed by atoms with Crippen molar-refractivity contribution in [2.24, 2.45) is 0 Å². The number of carbonyl (C=O) groups excluding carboxylic acids is 1. The molecule has 92 valence electrons. The highest BCUT2D eigenvalue weighted by atomic mass is 16.3. The predicted molar refractivity (Wildman–Crippen MR) is 68.5 cm³/mol. The van der Waals surface area contributed by atoms with Gasteiger partial charge < -0.3 is 10.0 Å². The van der Waals surface area contributed by atoms with Crippen LogP contribution in [0.1, 0.15) is 36.0 Å². The van der Waals surface area contributed by atoms with E-state index in [2.05, 4.69) is 4.90 Å². The van der Waals surface area contributed by atoms with Crippen LogP contribution < -0.4 is 4.90 Å². The number of benzene rings is 1. The van der Waals surface area contributed by atoms with Gasteiger partial charge in [0.25, 0.3) is 0 Å². The van der Waals surface area contributed by atoms with Crippen molar-refractivity contribution in [3.05, 3.63) is 29.8 Å². The Labute approximate surface area is 102 Å². The smallest absolute Gasteiger partial charge is 0.150 e. The van der Waals surface area contributed by atoms with E-state index in [-0.39, 0.29) is 12.6 Å². The molecule has 1 atom stereocenters. The molecule has 2 rings (SSSR count). The molecular formula is C14H19NO2. The van der Waals surface area contributed by atoms with E-state index in [0.29, 0.717) is 5.56 Å². The summed E-state index contributed by atoms with van der Waals surface area (Å²) in [5.41, 5.74) is 1.81. The zero-order chi connectivity index (χ0) is 12.1. The molecule has 3 heteroatoms. The van der Waals surface area contributed by atoms with Crippen molar-refractivity contribution in [1.82, 2.24) is 0 Å². The molecule has 0 spiro atoms. The van der Waals surface area contributed by atoms with E-state index in [4.69, 9.17) is 0 Å². The van der Waals surface area contributed by atoms with Gasteiger partial charge in [0.05, 0.1) is 12.6 Å². The number of carbonyl (C=O) groups is 1. The average molecular weight is 233 g/mol. The number of anilines is 1. The van der Waals surface area contributed by atoms with Gasteiger partial charge in [0, 0.05) is 17.8 Å². The average Bonchev–Trinajstić information content (AvgIpc) is 2.64. The summed E-state index contributed by atoms with van der Waals surface area (Å²) in [6.07, 6.45) is 5.50. The van der Waals surface area contributed by atoms with Gasteiger partial charge >= 0.3 is 0 Å². The van der Waals surface area contributed by atoms with Crippen LogP contribution in [0.15, 0.2) is 24.3 Å². The summed E-state index contributed by atoms with van der Waals surface area (Å²) in [4.78, 5) is 12.9. The van der Waals surface area contributed by atoms with Crippen molar-refractivity contribution in [1.29, 1.82) is 0 Å². The predicted octanol–water partition coefficient (Wildman–Crippen LogP) is 2.24. The molecule has 0 bridgehead atoms. The van der Waals surface area contributed by atoms with Crippen molar-refractivity contribution in [2.75, 3.05) is 18.1 Å². The Hall–Kier alpha value is -1.35. The molecule has 3 nitrogen and oxygen atoms in total. The third-order valence-corrected chi connectivity index (χ3v) is 3.45. The number of hydrogen-bond acceptors (Lipinski definition) is 3. The van der Waals surface area contributed by atoms with Gasteiger partial charge in [-0.15, -0.1) is 0 Å². The van der Waals surface area contributed by atoms with Crippen LogP contribution in [-0.2, 0) is 0 Å². The van der Waals surface area contributed by atoms with Crippen LogP contribution in [0.4, 0.5) is 5.69 Å². The van der Waals surface area contributed by atoms with E-state index < -0.39 is 0 Å². The minimum Gasteiger partial charge on any atom is -0.394 e. The molecule has 1 N–H and O–H groups in total. The molecule has 1 aliphatic rings. The van der Waals surface area contributed by atoms with Gasteiger partial charge in [0.2, 0.25) is 0 Å². The second kappa shape index (κ2) is 5.82. The van der Waals surface area contributed by atoms with E-state index in [1.807, 2.05) is 24.3 Å². The van der Waals surface area contributed by atoms with Crippen LogP contribution in [0.3, 0.4) is 0 Å². The van der Waals surface area contributed by atoms with Gasteiger partial charge in [0.15, 0.2) is 0 Å². The first kappa shape index (κ1) is 12.1. The van der Waals surface area contributed by atoms with Gasteiger partial charge in [0.1, 0.15) is 6.29 Å². The minimum absolute atomic E-state index is 0.204. The molecule has 1 aromatic carbocycles. The van der Waals surface area contributed by atoms with Crippen LogP contribution in [-0.4, -0.2) is 30.6 Å². The van der Waals surface area contributed by atoms with E-state index >= 15 is 0 Å². The quantitative estimate of drug-likeness (QED) is 0.814. The van der Waals surface area contributed by atoms with Crippen molar-refractivity contribution < 1.29 is 9.90 Å². The van der Waals surface area contributed by atoms with Gasteiger partial charge in [-0.2, -0.15) is 0 Å². The Morgan fingerprint density at radius 3 is 2.65 bits per heavy atom. The van der Waals surface area contributed by atoms with Crippen LogP contribution in [0.25, 0.3) is 0 Å². The fraction of sp³-hybridized carbons (Fsp3) is 0.500. The lowest BCUT2D eigenvalue weighted by molar-refractivity contribution is 0.112. The molecule has 1 saturated heterocycles. The molecule has 0 saturated carbocycles. The molecule has 1 unspecified atom stereocenters. The monoisotopic (exact) mass is 233 g/mol. The van der Waals surface area contributed by atoms with Gasteiger partial charge in [-0.3, -0.25) is 4.79 Å². The Morgan fingerprint density at radius 1 is 1.24 bits per heavy atom. The Kier molecular flexibility index (Phi) is 4.15. The highest BCUT2D eigenvalue weighted by molar-refractivity contribution is 5.75. The molecule has 17 heavy (non-hydrogen) atoms. The summed E-state index contributed by atoms with van der Waals surface area (Å²) in [5, 5.41) is 9.45. The number of aliphatic hydroxyl groups is 1. The number of rotatable bonds is 3. The lowest BCUT2D eigenvalue weighted by Gasteiger charge is -2.30. The van der Waals surface area contributed by atoms with E-state index in [0.717, 1.165) is 24.9 Å². The lowest BCUT2D eigenvalue weighted by Crippen LogP contribution is -2.37. The van der Waals surface area contributed by atoms with E-state index in [9.17, 15) is 9.90 Å². The summed E-state index contributed by atoms with van der Waals surface area (Å²) in [5.74, 6) is 0. The SMILES string of the molecule is O=Cc1ccc(N2CCCCCC2CO)cc1. The fourth-order valence-corrected chi connectivity index (χ4v) is 2.45. The van der Waals surface area contributed by atoms with Crippen LogP contribution in [0, 0.1) is 0 Å². The Balaban J connectivity index is 2.18. The largest absolute Gasteiger partial charge is 0.394 e. The highest BCUT2D eigenvalue weighted by Crippen LogP contribution is 2.24. The molecule has 0 amide bonds. The minimum atomic E-state index is 0.204. The molecule has 1 heterocycles. The van der Waals surface area contributed by atoms with Crippen LogP contribution in [0.2, 0.25) is 0 Å². The number of nitrogens with zero attached hydrogens (tertiary/aromatic N) is 1. The standard InChI is InChI=1S/C14H19NO2/c16-10-12-5-7-13(8-6-12)15-9-3-1-2-4-14(15)11-17/h5-8,10,14,17H,1-4,9,11H2. The summed E-state index contributed by atoms with van der Waals surface area (Å²) in [6.45, 7) is 1.20. The van der Waals surface area contributed by atoms with Gasteiger partial charge in [-0.05, 0) is 37.1 Å². The normalized spacial score (nSPS) is 21.0. The maximum absolute atomic E-state index is 10.6. The molecule has 0 aromatic heterocycles. The molecular weight excluding hydrogens is 214 g/mol. The second-order valence-electron chi connectivity index (χ2n) is 4.59. The zero-order valence-electron chi connectivity index (χ0n) is 10.0. The first-order valence-corrected chi connectivity index (χ1v) is 6.28. The van der Waals surface area contributed by atoms with Gasteiger partial charge in [-0.25, -0.2) is 0 Å². The highest BCUT2D eigenvalue weighted by Gasteiger charge is 2.20. The number of aliphatic hydroxyl groups excluding tert-OH is 1. The first-order valence-electron chi connectivity index (χ1n) is 6.28. The summed E-state index contributed by atoms with van der Waals surface area (Å²) in [7, 11) is 0. The Morgan fingerprint density at radius 2 is 2.00 bits per heavy atom. The first-order chi connectivity index (χ1) is 8.35. The summed E-state index contributed by atoms with van der Waals surface area (Å²) >= 11 is 0. The summed E-state index contributed by atoms with van der Waals surface area (Å²) < 4.78 is 0. The maximum Gasteiger partial charge on any atom is 0.150 e. The Bertz CT molecular complexity index is 361. The lowest BCUT2D eigenvalue weighted by atomic mass is 10.1. The fourth-order valence-electron chi connectivity index (χ4n) is 2.45.